The van der Waals surface area contributed by atoms with Crippen molar-refractivity contribution in [3.63, 3.8) is 0 Å². The summed E-state index contributed by atoms with van der Waals surface area (Å²) in [4.78, 5) is 3.55. The van der Waals surface area contributed by atoms with Crippen LogP contribution in [0.4, 0.5) is 0 Å². The maximum Gasteiger partial charge on any atom is 0.0464 e. The van der Waals surface area contributed by atoms with E-state index < -0.39 is 0 Å². The van der Waals surface area contributed by atoms with Crippen molar-refractivity contribution in [2.45, 2.75) is 26.2 Å². The second-order valence-corrected chi connectivity index (χ2v) is 7.68. The Balaban J connectivity index is 1.70. The highest BCUT2D eigenvalue weighted by molar-refractivity contribution is 5.87. The van der Waals surface area contributed by atoms with Crippen LogP contribution in [-0.4, -0.2) is 4.98 Å². The zero-order valence-corrected chi connectivity index (χ0v) is 15.0. The van der Waals surface area contributed by atoms with E-state index >= 15 is 0 Å². The lowest BCUT2D eigenvalue weighted by atomic mass is 9.86. The molecule has 0 saturated carbocycles. The van der Waals surface area contributed by atoms with Gasteiger partial charge >= 0.3 is 0 Å². The molecule has 1 heteroatoms. The smallest absolute Gasteiger partial charge is 0.0464 e. The number of benzene rings is 3. The molecular weight excluding hydrogens is 302 g/mol. The molecule has 1 nitrogen and oxygen atoms in total. The van der Waals surface area contributed by atoms with Gasteiger partial charge in [-0.25, -0.2) is 0 Å². The van der Waals surface area contributed by atoms with E-state index in [9.17, 15) is 0 Å². The number of hydrogen-bond acceptors (Lipinski definition) is 0. The summed E-state index contributed by atoms with van der Waals surface area (Å²) >= 11 is 0. The predicted molar refractivity (Wildman–Crippen MR) is 108 cm³/mol. The molecule has 4 rings (SSSR count). The molecule has 124 valence electrons. The van der Waals surface area contributed by atoms with Gasteiger partial charge in [-0.3, -0.25) is 0 Å². The lowest BCUT2D eigenvalue weighted by Gasteiger charge is -2.18. The first kappa shape index (κ1) is 15.7. The Bertz CT molecular complexity index is 1000. The third kappa shape index (κ3) is 3.10. The van der Waals surface area contributed by atoms with Gasteiger partial charge in [0.15, 0.2) is 0 Å². The van der Waals surface area contributed by atoms with Gasteiger partial charge in [-0.2, -0.15) is 0 Å². The minimum Gasteiger partial charge on any atom is -0.355 e. The lowest BCUT2D eigenvalue weighted by molar-refractivity contribution is 0.591. The summed E-state index contributed by atoms with van der Waals surface area (Å²) in [6.07, 6.45) is 0. The average molecular weight is 325 g/mol. The van der Waals surface area contributed by atoms with Gasteiger partial charge in [0.25, 0.3) is 0 Å². The molecule has 0 fully saturated rings. The number of rotatable bonds is 2. The van der Waals surface area contributed by atoms with Crippen LogP contribution in [0.15, 0.2) is 78.9 Å². The fourth-order valence-corrected chi connectivity index (χ4v) is 3.23. The van der Waals surface area contributed by atoms with Crippen molar-refractivity contribution >= 4 is 10.9 Å². The van der Waals surface area contributed by atoms with E-state index in [0.717, 1.165) is 0 Å². The summed E-state index contributed by atoms with van der Waals surface area (Å²) in [5.41, 5.74) is 7.60. The predicted octanol–water partition coefficient (Wildman–Crippen LogP) is 6.80. The van der Waals surface area contributed by atoms with Gasteiger partial charge in [0, 0.05) is 16.6 Å². The Kier molecular flexibility index (Phi) is 3.73. The standard InChI is InChI=1S/C24H23N/c1-24(2,3)21-13-14-22-20(15-21)16-23(25-22)19-11-9-18(10-12-19)17-7-5-4-6-8-17/h4-16,25H,1-3H3. The summed E-state index contributed by atoms with van der Waals surface area (Å²) in [6, 6.07) is 28.2. The SMILES string of the molecule is CC(C)(C)c1ccc2[nH]c(-c3ccc(-c4ccccc4)cc3)cc2c1. The number of hydrogen-bond donors (Lipinski definition) is 1. The molecule has 0 unspecified atom stereocenters. The zero-order chi connectivity index (χ0) is 17.4. The normalized spacial score (nSPS) is 11.8. The summed E-state index contributed by atoms with van der Waals surface area (Å²) in [6.45, 7) is 6.76. The van der Waals surface area contributed by atoms with Gasteiger partial charge in [0.05, 0.1) is 0 Å². The molecule has 1 N–H and O–H groups in total. The minimum absolute atomic E-state index is 0.170. The molecule has 3 aromatic carbocycles. The van der Waals surface area contributed by atoms with Gasteiger partial charge in [0.1, 0.15) is 0 Å². The maximum atomic E-state index is 3.55. The lowest BCUT2D eigenvalue weighted by Crippen LogP contribution is -2.10. The van der Waals surface area contributed by atoms with Gasteiger partial charge < -0.3 is 4.98 Å². The van der Waals surface area contributed by atoms with Crippen LogP contribution in [0.1, 0.15) is 26.3 Å². The first-order valence-electron chi connectivity index (χ1n) is 8.80. The van der Waals surface area contributed by atoms with Gasteiger partial charge in [-0.05, 0) is 45.9 Å². The number of nitrogens with one attached hydrogen (secondary N) is 1. The van der Waals surface area contributed by atoms with Crippen molar-refractivity contribution in [1.29, 1.82) is 0 Å². The molecule has 25 heavy (non-hydrogen) atoms. The Morgan fingerprint density at radius 3 is 1.96 bits per heavy atom. The summed E-state index contributed by atoms with van der Waals surface area (Å²) in [5.74, 6) is 0. The second kappa shape index (κ2) is 5.93. The van der Waals surface area contributed by atoms with Crippen LogP contribution in [0, 0.1) is 0 Å². The number of H-pyrrole nitrogens is 1. The van der Waals surface area contributed by atoms with Gasteiger partial charge in [-0.15, -0.1) is 0 Å². The van der Waals surface area contributed by atoms with Crippen molar-refractivity contribution in [2.75, 3.05) is 0 Å². The van der Waals surface area contributed by atoms with Gasteiger partial charge in [-0.1, -0.05) is 81.4 Å². The van der Waals surface area contributed by atoms with E-state index in [1.807, 2.05) is 6.07 Å². The first-order chi connectivity index (χ1) is 12.0. The summed E-state index contributed by atoms with van der Waals surface area (Å²) in [5, 5.41) is 1.27. The monoisotopic (exact) mass is 325 g/mol. The Hall–Kier alpha value is -2.80. The molecule has 0 saturated heterocycles. The second-order valence-electron chi connectivity index (χ2n) is 7.68. The number of aromatic nitrogens is 1. The highest BCUT2D eigenvalue weighted by Crippen LogP contribution is 2.30. The Labute approximate surface area is 149 Å². The Morgan fingerprint density at radius 2 is 1.28 bits per heavy atom. The van der Waals surface area contributed by atoms with E-state index in [2.05, 4.69) is 98.6 Å². The average Bonchev–Trinajstić information content (AvgIpc) is 3.05. The molecule has 1 heterocycles. The molecule has 0 aliphatic rings. The van der Waals surface area contributed by atoms with Crippen LogP contribution in [0.2, 0.25) is 0 Å². The third-order valence-electron chi connectivity index (χ3n) is 4.79. The van der Waals surface area contributed by atoms with Crippen LogP contribution >= 0.6 is 0 Å². The van der Waals surface area contributed by atoms with Crippen LogP contribution in [0.25, 0.3) is 33.3 Å². The number of fused-ring (bicyclic) bond motifs is 1. The van der Waals surface area contributed by atoms with Crippen molar-refractivity contribution in [2.24, 2.45) is 0 Å². The third-order valence-corrected chi connectivity index (χ3v) is 4.79. The van der Waals surface area contributed by atoms with E-state index in [0.29, 0.717) is 0 Å². The fraction of sp³-hybridized carbons (Fsp3) is 0.167. The van der Waals surface area contributed by atoms with Crippen molar-refractivity contribution < 1.29 is 0 Å². The molecule has 0 spiro atoms. The fourth-order valence-electron chi connectivity index (χ4n) is 3.23. The quantitative estimate of drug-likeness (QED) is 0.417. The van der Waals surface area contributed by atoms with Crippen molar-refractivity contribution in [1.82, 2.24) is 4.98 Å². The van der Waals surface area contributed by atoms with Crippen LogP contribution in [0.5, 0.6) is 0 Å². The minimum atomic E-state index is 0.170. The highest BCUT2D eigenvalue weighted by Gasteiger charge is 2.14. The molecule has 1 aromatic heterocycles. The molecule has 0 bridgehead atoms. The summed E-state index contributed by atoms with van der Waals surface area (Å²) in [7, 11) is 0. The van der Waals surface area contributed by atoms with E-state index in [1.165, 1.54) is 38.9 Å². The first-order valence-corrected chi connectivity index (χ1v) is 8.80. The van der Waals surface area contributed by atoms with E-state index in [-0.39, 0.29) is 5.41 Å². The number of aromatic amines is 1. The summed E-state index contributed by atoms with van der Waals surface area (Å²) < 4.78 is 0. The van der Waals surface area contributed by atoms with Crippen molar-refractivity contribution in [3.8, 4) is 22.4 Å². The maximum absolute atomic E-state index is 3.55. The van der Waals surface area contributed by atoms with E-state index in [4.69, 9.17) is 0 Å². The molecular formula is C24H23N. The van der Waals surface area contributed by atoms with Crippen molar-refractivity contribution in [3.05, 3.63) is 84.4 Å². The topological polar surface area (TPSA) is 15.8 Å². The molecule has 0 aliphatic heterocycles. The van der Waals surface area contributed by atoms with Crippen LogP contribution < -0.4 is 0 Å². The molecule has 0 radical (unpaired) electrons. The molecule has 0 aliphatic carbocycles. The Morgan fingerprint density at radius 1 is 0.640 bits per heavy atom. The van der Waals surface area contributed by atoms with Gasteiger partial charge in [0.2, 0.25) is 0 Å². The van der Waals surface area contributed by atoms with Crippen LogP contribution in [-0.2, 0) is 5.41 Å². The molecule has 4 aromatic rings. The molecule has 0 atom stereocenters. The van der Waals surface area contributed by atoms with E-state index in [1.54, 1.807) is 0 Å². The zero-order valence-electron chi connectivity index (χ0n) is 15.0. The highest BCUT2D eigenvalue weighted by atomic mass is 14.7. The van der Waals surface area contributed by atoms with Crippen LogP contribution in [0.3, 0.4) is 0 Å². The largest absolute Gasteiger partial charge is 0.355 e. The molecule has 0 amide bonds.